The number of carbonyl (C=O) groups excluding carboxylic acids is 1. The van der Waals surface area contributed by atoms with Gasteiger partial charge in [-0.1, -0.05) is 26.0 Å². The van der Waals surface area contributed by atoms with Gasteiger partial charge in [0.25, 0.3) is 0 Å². The van der Waals surface area contributed by atoms with Crippen LogP contribution in [-0.4, -0.2) is 5.78 Å². The summed E-state index contributed by atoms with van der Waals surface area (Å²) in [4.78, 5) is 12.0. The van der Waals surface area contributed by atoms with Crippen molar-refractivity contribution in [2.24, 2.45) is 28.6 Å². The average Bonchev–Trinajstić information content (AvgIpc) is 2.80. The lowest BCUT2D eigenvalue weighted by Crippen LogP contribution is -2.39. The van der Waals surface area contributed by atoms with E-state index in [1.54, 1.807) is 0 Å². The number of allylic oxidation sites excluding steroid dienone is 1. The van der Waals surface area contributed by atoms with Crippen LogP contribution in [-0.2, 0) is 4.79 Å². The van der Waals surface area contributed by atoms with Gasteiger partial charge in [0.15, 0.2) is 0 Å². The van der Waals surface area contributed by atoms with Gasteiger partial charge in [-0.3, -0.25) is 4.79 Å². The molecule has 0 unspecified atom stereocenters. The number of hydrogen-bond donors (Lipinski definition) is 0. The van der Waals surface area contributed by atoms with Crippen LogP contribution < -0.4 is 0 Å². The number of ketones is 1. The van der Waals surface area contributed by atoms with Gasteiger partial charge in [-0.05, 0) is 48.9 Å². The zero-order valence-electron chi connectivity index (χ0n) is 10.7. The zero-order valence-corrected chi connectivity index (χ0v) is 10.7. The Morgan fingerprint density at radius 2 is 2.12 bits per heavy atom. The van der Waals surface area contributed by atoms with Gasteiger partial charge < -0.3 is 0 Å². The van der Waals surface area contributed by atoms with Crippen LogP contribution in [0, 0.1) is 28.6 Å². The van der Waals surface area contributed by atoms with E-state index in [1.165, 1.54) is 18.4 Å². The van der Waals surface area contributed by atoms with Crippen molar-refractivity contribution in [2.75, 3.05) is 0 Å². The Hall–Kier alpha value is -0.590. The minimum Gasteiger partial charge on any atom is -0.299 e. The normalized spacial score (nSPS) is 54.4. The molecule has 3 saturated carbocycles. The van der Waals surface area contributed by atoms with E-state index < -0.39 is 0 Å². The summed E-state index contributed by atoms with van der Waals surface area (Å²) < 4.78 is 0. The predicted octanol–water partition coefficient (Wildman–Crippen LogP) is 3.59. The number of hydrogen-bond acceptors (Lipinski definition) is 1. The average molecular weight is 218 g/mol. The highest BCUT2D eigenvalue weighted by Gasteiger charge is 2.75. The van der Waals surface area contributed by atoms with Crippen LogP contribution in [0.15, 0.2) is 12.2 Å². The van der Waals surface area contributed by atoms with Crippen molar-refractivity contribution in [3.05, 3.63) is 12.2 Å². The minimum absolute atomic E-state index is 0.342. The van der Waals surface area contributed by atoms with Crippen LogP contribution in [0.1, 0.15) is 46.5 Å². The fraction of sp³-hybridized carbons (Fsp3) is 0.800. The van der Waals surface area contributed by atoms with Gasteiger partial charge in [-0.25, -0.2) is 0 Å². The molecule has 0 spiro atoms. The second-order valence-electron chi connectivity index (χ2n) is 6.88. The Morgan fingerprint density at radius 1 is 1.44 bits per heavy atom. The zero-order chi connectivity index (χ0) is 11.7. The number of fused-ring (bicyclic) bond motifs is 1. The third-order valence-corrected chi connectivity index (χ3v) is 6.21. The van der Waals surface area contributed by atoms with Crippen LogP contribution in [0.3, 0.4) is 0 Å². The highest BCUT2D eigenvalue weighted by Crippen LogP contribution is 2.78. The van der Waals surface area contributed by atoms with Gasteiger partial charge in [0.1, 0.15) is 5.78 Å². The molecule has 0 aromatic rings. The minimum atomic E-state index is 0.342. The molecule has 0 heterocycles. The molecule has 3 rings (SSSR count). The van der Waals surface area contributed by atoms with Gasteiger partial charge in [0.05, 0.1) is 0 Å². The molecule has 0 radical (unpaired) electrons. The Kier molecular flexibility index (Phi) is 1.85. The number of Topliss-reactive ketones (excluding diaryl/α,β-unsaturated/α-hetero) is 1. The largest absolute Gasteiger partial charge is 0.299 e. The fourth-order valence-electron chi connectivity index (χ4n) is 4.82. The molecule has 0 saturated heterocycles. The first-order valence-corrected chi connectivity index (χ1v) is 6.58. The van der Waals surface area contributed by atoms with E-state index in [0.29, 0.717) is 34.4 Å². The second-order valence-corrected chi connectivity index (χ2v) is 6.88. The smallest absolute Gasteiger partial charge is 0.136 e. The highest BCUT2D eigenvalue weighted by atomic mass is 16.1. The van der Waals surface area contributed by atoms with Gasteiger partial charge in [-0.2, -0.15) is 0 Å². The van der Waals surface area contributed by atoms with E-state index in [2.05, 4.69) is 27.4 Å². The van der Waals surface area contributed by atoms with Crippen molar-refractivity contribution in [3.8, 4) is 0 Å². The first-order valence-electron chi connectivity index (χ1n) is 6.58. The molecule has 1 nitrogen and oxygen atoms in total. The summed E-state index contributed by atoms with van der Waals surface area (Å²) >= 11 is 0. The predicted molar refractivity (Wildman–Crippen MR) is 65.0 cm³/mol. The molecule has 88 valence electrons. The van der Waals surface area contributed by atoms with E-state index >= 15 is 0 Å². The molecule has 0 aliphatic heterocycles. The molecule has 0 aromatic heterocycles. The lowest BCUT2D eigenvalue weighted by atomic mass is 9.58. The summed E-state index contributed by atoms with van der Waals surface area (Å²) in [5, 5.41) is 0. The van der Waals surface area contributed by atoms with E-state index in [4.69, 9.17) is 0 Å². The third kappa shape index (κ3) is 1.00. The van der Waals surface area contributed by atoms with Gasteiger partial charge in [0, 0.05) is 12.3 Å². The summed E-state index contributed by atoms with van der Waals surface area (Å²) in [5.74, 6) is 2.28. The molecule has 0 bridgehead atoms. The molecule has 0 amide bonds. The lowest BCUT2D eigenvalue weighted by molar-refractivity contribution is -0.125. The van der Waals surface area contributed by atoms with Gasteiger partial charge in [-0.15, -0.1) is 0 Å². The Morgan fingerprint density at radius 3 is 2.75 bits per heavy atom. The quantitative estimate of drug-likeness (QED) is 0.615. The van der Waals surface area contributed by atoms with Crippen LogP contribution in [0.2, 0.25) is 0 Å². The van der Waals surface area contributed by atoms with Crippen molar-refractivity contribution in [2.45, 2.75) is 46.5 Å². The third-order valence-electron chi connectivity index (χ3n) is 6.21. The summed E-state index contributed by atoms with van der Waals surface area (Å²) in [6, 6.07) is 0. The van der Waals surface area contributed by atoms with Crippen molar-refractivity contribution >= 4 is 5.78 Å². The maximum atomic E-state index is 12.0. The van der Waals surface area contributed by atoms with Crippen molar-refractivity contribution in [3.63, 3.8) is 0 Å². The molecule has 0 aromatic carbocycles. The molecule has 3 fully saturated rings. The number of rotatable bonds is 1. The molecule has 0 N–H and O–H groups in total. The van der Waals surface area contributed by atoms with Crippen LogP contribution >= 0.6 is 0 Å². The molecular weight excluding hydrogens is 196 g/mol. The van der Waals surface area contributed by atoms with E-state index in [0.717, 1.165) is 12.8 Å². The fourth-order valence-corrected chi connectivity index (χ4v) is 4.82. The molecule has 1 heteroatoms. The first kappa shape index (κ1) is 10.6. The SMILES string of the molecule is C=C(C)[C@@H]1C[C@@H]2[C@@H]3C(=O)CC[C@](C)(C1)[C@]23C. The number of carbonyl (C=O) groups is 1. The summed E-state index contributed by atoms with van der Waals surface area (Å²) in [6.45, 7) is 11.1. The van der Waals surface area contributed by atoms with E-state index in [1.807, 2.05) is 0 Å². The summed E-state index contributed by atoms with van der Waals surface area (Å²) in [5.41, 5.74) is 2.07. The van der Waals surface area contributed by atoms with Crippen molar-refractivity contribution in [1.82, 2.24) is 0 Å². The maximum absolute atomic E-state index is 12.0. The molecule has 3 aliphatic carbocycles. The molecule has 16 heavy (non-hydrogen) atoms. The van der Waals surface area contributed by atoms with Crippen LogP contribution in [0.5, 0.6) is 0 Å². The van der Waals surface area contributed by atoms with Gasteiger partial charge >= 0.3 is 0 Å². The van der Waals surface area contributed by atoms with Crippen molar-refractivity contribution in [1.29, 1.82) is 0 Å². The topological polar surface area (TPSA) is 17.1 Å². The molecule has 5 atom stereocenters. The molecular formula is C15H22O. The van der Waals surface area contributed by atoms with Crippen molar-refractivity contribution < 1.29 is 4.79 Å². The standard InChI is InChI=1S/C15H22O/c1-9(2)10-7-11-13-12(16)5-6-14(3,8-10)15(11,13)4/h10-11,13H,1,5-8H2,2-4H3/t10-,11-,13-,14-,15-/m1/s1. The second kappa shape index (κ2) is 2.80. The Bertz CT molecular complexity index is 383. The Labute approximate surface area is 98.3 Å². The van der Waals surface area contributed by atoms with Crippen LogP contribution in [0.4, 0.5) is 0 Å². The maximum Gasteiger partial charge on any atom is 0.136 e. The van der Waals surface area contributed by atoms with Crippen LogP contribution in [0.25, 0.3) is 0 Å². The highest BCUT2D eigenvalue weighted by molar-refractivity contribution is 5.87. The molecule has 3 aliphatic rings. The lowest BCUT2D eigenvalue weighted by Gasteiger charge is -2.45. The summed E-state index contributed by atoms with van der Waals surface area (Å²) in [7, 11) is 0. The van der Waals surface area contributed by atoms with E-state index in [9.17, 15) is 4.79 Å². The monoisotopic (exact) mass is 218 g/mol. The first-order chi connectivity index (χ1) is 7.40. The summed E-state index contributed by atoms with van der Waals surface area (Å²) in [6.07, 6.45) is 4.42. The van der Waals surface area contributed by atoms with E-state index in [-0.39, 0.29) is 0 Å². The Balaban J connectivity index is 1.97. The van der Waals surface area contributed by atoms with Gasteiger partial charge in [0.2, 0.25) is 0 Å².